The van der Waals surface area contributed by atoms with Crippen LogP contribution in [0.4, 0.5) is 10.1 Å². The van der Waals surface area contributed by atoms with Gasteiger partial charge in [-0.05, 0) is 51.0 Å². The van der Waals surface area contributed by atoms with Gasteiger partial charge in [-0.3, -0.25) is 4.40 Å². The van der Waals surface area contributed by atoms with Crippen molar-refractivity contribution in [1.82, 2.24) is 19.6 Å². The second-order valence-electron chi connectivity index (χ2n) is 8.87. The summed E-state index contributed by atoms with van der Waals surface area (Å²) in [6.45, 7) is 4.81. The first-order valence-corrected chi connectivity index (χ1v) is 10.8. The minimum atomic E-state index is -0.346. The Hall–Kier alpha value is -3.50. The zero-order chi connectivity index (χ0) is 21.9. The quantitative estimate of drug-likeness (QED) is 0.451. The molecule has 0 saturated heterocycles. The lowest BCUT2D eigenvalue weighted by Crippen LogP contribution is -2.18. The third-order valence-corrected chi connectivity index (χ3v) is 6.38. The molecule has 160 valence electrons. The molecule has 1 atom stereocenters. The molecule has 0 amide bonds. The fourth-order valence-corrected chi connectivity index (χ4v) is 4.26. The number of hydrogen-bond acceptors (Lipinski definition) is 5. The Morgan fingerprint density at radius 1 is 1.19 bits per heavy atom. The van der Waals surface area contributed by atoms with Crippen LogP contribution in [0.1, 0.15) is 48.5 Å². The molecule has 32 heavy (non-hydrogen) atoms. The third kappa shape index (κ3) is 3.10. The minimum Gasteiger partial charge on any atom is -0.374 e. The number of aromatic nitrogens is 4. The molecule has 0 bridgehead atoms. The van der Waals surface area contributed by atoms with Gasteiger partial charge in [0.25, 0.3) is 5.78 Å². The van der Waals surface area contributed by atoms with Gasteiger partial charge in [-0.1, -0.05) is 24.0 Å². The molecule has 4 aromatic rings. The van der Waals surface area contributed by atoms with E-state index in [2.05, 4.69) is 34.3 Å². The first kappa shape index (κ1) is 19.2. The highest BCUT2D eigenvalue weighted by molar-refractivity contribution is 5.85. The standard InChI is InChI=1S/C25H22FN5O/c1-15-29-30-24-28-23(22-18(26)6-4-8-21(22)31(15)24)20-14-32-13-17-16(5-3-7-19(17)27-20)9-10-25(2)11-12-25/h3-8,20,27H,11-14H2,1-2H3. The summed E-state index contributed by atoms with van der Waals surface area (Å²) in [7, 11) is 0. The molecular weight excluding hydrogens is 405 g/mol. The topological polar surface area (TPSA) is 64.3 Å². The van der Waals surface area contributed by atoms with Crippen LogP contribution >= 0.6 is 0 Å². The predicted molar refractivity (Wildman–Crippen MR) is 120 cm³/mol. The van der Waals surface area contributed by atoms with Crippen molar-refractivity contribution >= 4 is 22.4 Å². The van der Waals surface area contributed by atoms with Gasteiger partial charge in [0.15, 0.2) is 0 Å². The summed E-state index contributed by atoms with van der Waals surface area (Å²) in [5.41, 5.74) is 4.33. The van der Waals surface area contributed by atoms with Crippen molar-refractivity contribution in [3.05, 3.63) is 64.9 Å². The van der Waals surface area contributed by atoms with E-state index < -0.39 is 0 Å². The molecule has 1 N–H and O–H groups in total. The lowest BCUT2D eigenvalue weighted by molar-refractivity contribution is 0.116. The molecule has 2 aromatic carbocycles. The molecule has 0 spiro atoms. The van der Waals surface area contributed by atoms with E-state index in [9.17, 15) is 0 Å². The number of benzene rings is 2. The molecule has 1 saturated carbocycles. The van der Waals surface area contributed by atoms with Gasteiger partial charge in [0, 0.05) is 22.2 Å². The number of anilines is 1. The molecule has 6 nitrogen and oxygen atoms in total. The zero-order valence-corrected chi connectivity index (χ0v) is 17.9. The highest BCUT2D eigenvalue weighted by Gasteiger charge is 2.35. The smallest absolute Gasteiger partial charge is 0.255 e. The lowest BCUT2D eigenvalue weighted by Gasteiger charge is -2.19. The van der Waals surface area contributed by atoms with E-state index >= 15 is 4.39 Å². The van der Waals surface area contributed by atoms with Crippen LogP contribution in [-0.4, -0.2) is 26.2 Å². The molecule has 1 unspecified atom stereocenters. The van der Waals surface area contributed by atoms with Crippen LogP contribution in [0.5, 0.6) is 0 Å². The minimum absolute atomic E-state index is 0.149. The molecule has 1 fully saturated rings. The summed E-state index contributed by atoms with van der Waals surface area (Å²) in [5, 5.41) is 12.3. The van der Waals surface area contributed by atoms with Crippen molar-refractivity contribution in [3.63, 3.8) is 0 Å². The van der Waals surface area contributed by atoms with Crippen LogP contribution in [-0.2, 0) is 11.3 Å². The molecule has 2 aromatic heterocycles. The number of ether oxygens (including phenoxy) is 1. The Bertz CT molecular complexity index is 1440. The van der Waals surface area contributed by atoms with Gasteiger partial charge in [-0.2, -0.15) is 0 Å². The van der Waals surface area contributed by atoms with E-state index in [4.69, 9.17) is 9.72 Å². The maximum atomic E-state index is 15.1. The number of nitrogens with zero attached hydrogens (tertiary/aromatic N) is 4. The SMILES string of the molecule is Cc1nnc2nc(C3COCc4c(C#CC5(C)CC5)cccc4N3)c3c(F)cccc3n12. The first-order chi connectivity index (χ1) is 15.5. The van der Waals surface area contributed by atoms with E-state index in [-0.39, 0.29) is 17.3 Å². The summed E-state index contributed by atoms with van der Waals surface area (Å²) in [5.74, 6) is 7.54. The number of rotatable bonds is 1. The number of halogens is 1. The number of aryl methyl sites for hydroxylation is 1. The predicted octanol–water partition coefficient (Wildman–Crippen LogP) is 4.56. The van der Waals surface area contributed by atoms with Crippen molar-refractivity contribution < 1.29 is 9.13 Å². The average Bonchev–Trinajstić information content (AvgIpc) is 3.47. The van der Waals surface area contributed by atoms with Gasteiger partial charge < -0.3 is 10.1 Å². The summed E-state index contributed by atoms with van der Waals surface area (Å²) in [4.78, 5) is 4.70. The second-order valence-corrected chi connectivity index (χ2v) is 8.87. The fourth-order valence-electron chi connectivity index (χ4n) is 4.26. The van der Waals surface area contributed by atoms with Crippen molar-refractivity contribution in [2.24, 2.45) is 5.41 Å². The van der Waals surface area contributed by atoms with Crippen LogP contribution in [0.3, 0.4) is 0 Å². The van der Waals surface area contributed by atoms with Crippen LogP contribution in [0.15, 0.2) is 36.4 Å². The molecule has 7 heteroatoms. The Morgan fingerprint density at radius 2 is 2.03 bits per heavy atom. The maximum Gasteiger partial charge on any atom is 0.255 e. The van der Waals surface area contributed by atoms with Crippen molar-refractivity contribution in [2.75, 3.05) is 11.9 Å². The molecule has 3 heterocycles. The average molecular weight is 427 g/mol. The highest BCUT2D eigenvalue weighted by Crippen LogP contribution is 2.44. The monoisotopic (exact) mass is 427 g/mol. The van der Waals surface area contributed by atoms with Crippen LogP contribution in [0.2, 0.25) is 0 Å². The van der Waals surface area contributed by atoms with E-state index in [0.717, 1.165) is 29.7 Å². The second kappa shape index (κ2) is 7.01. The number of fused-ring (bicyclic) bond motifs is 4. The van der Waals surface area contributed by atoms with Crippen molar-refractivity contribution in [1.29, 1.82) is 0 Å². The van der Waals surface area contributed by atoms with E-state index in [0.29, 0.717) is 41.4 Å². The Balaban J connectivity index is 1.47. The number of hydrogen-bond donors (Lipinski definition) is 1. The molecule has 1 aliphatic carbocycles. The van der Waals surface area contributed by atoms with Gasteiger partial charge in [0.05, 0.1) is 35.9 Å². The van der Waals surface area contributed by atoms with E-state index in [1.54, 1.807) is 10.5 Å². The zero-order valence-electron chi connectivity index (χ0n) is 17.9. The highest BCUT2D eigenvalue weighted by atomic mass is 19.1. The van der Waals surface area contributed by atoms with Gasteiger partial charge in [-0.15, -0.1) is 10.2 Å². The van der Waals surface area contributed by atoms with Crippen LogP contribution < -0.4 is 5.32 Å². The molecule has 2 aliphatic rings. The molecule has 0 radical (unpaired) electrons. The van der Waals surface area contributed by atoms with Gasteiger partial charge in [-0.25, -0.2) is 9.37 Å². The van der Waals surface area contributed by atoms with Crippen LogP contribution in [0.25, 0.3) is 16.7 Å². The maximum absolute atomic E-state index is 15.1. The normalized spacial score (nSPS) is 19.0. The largest absolute Gasteiger partial charge is 0.374 e. The fraction of sp³-hybridized carbons (Fsp3) is 0.320. The summed E-state index contributed by atoms with van der Waals surface area (Å²) >= 11 is 0. The van der Waals surface area contributed by atoms with E-state index in [1.807, 2.05) is 31.2 Å². The third-order valence-electron chi connectivity index (χ3n) is 6.38. The summed E-state index contributed by atoms with van der Waals surface area (Å²) in [6.07, 6.45) is 2.31. The Kier molecular flexibility index (Phi) is 4.21. The molecule has 1 aliphatic heterocycles. The van der Waals surface area contributed by atoms with Crippen LogP contribution in [0, 0.1) is 30.0 Å². The Morgan fingerprint density at radius 3 is 2.88 bits per heavy atom. The van der Waals surface area contributed by atoms with Gasteiger partial charge in [0.2, 0.25) is 0 Å². The van der Waals surface area contributed by atoms with Gasteiger partial charge >= 0.3 is 0 Å². The first-order valence-electron chi connectivity index (χ1n) is 10.8. The lowest BCUT2D eigenvalue weighted by atomic mass is 10.0. The molecular formula is C25H22FN5O. The van der Waals surface area contributed by atoms with Crippen molar-refractivity contribution in [2.45, 2.75) is 39.3 Å². The summed E-state index contributed by atoms with van der Waals surface area (Å²) in [6, 6.07) is 10.7. The number of nitrogens with one attached hydrogen (secondary N) is 1. The molecule has 6 rings (SSSR count). The van der Waals surface area contributed by atoms with E-state index in [1.165, 1.54) is 6.07 Å². The Labute approximate surface area is 184 Å². The summed E-state index contributed by atoms with van der Waals surface area (Å²) < 4.78 is 22.9. The van der Waals surface area contributed by atoms with Crippen molar-refractivity contribution in [3.8, 4) is 11.8 Å². The van der Waals surface area contributed by atoms with Gasteiger partial charge in [0.1, 0.15) is 11.6 Å².